The van der Waals surface area contributed by atoms with Crippen LogP contribution >= 0.6 is 11.8 Å². The van der Waals surface area contributed by atoms with Crippen LogP contribution in [-0.4, -0.2) is 12.9 Å². The van der Waals surface area contributed by atoms with Crippen LogP contribution in [0.2, 0.25) is 0 Å². The molecule has 0 aromatic heterocycles. The lowest BCUT2D eigenvalue weighted by atomic mass is 10.1. The monoisotopic (exact) mass is 239 g/mol. The summed E-state index contributed by atoms with van der Waals surface area (Å²) in [7, 11) is 1.68. The Labute approximate surface area is 103 Å². The minimum Gasteiger partial charge on any atom is -0.497 e. The minimum atomic E-state index is 0.737. The first-order valence-corrected chi connectivity index (χ1v) is 6.72. The minimum absolute atomic E-state index is 0.737. The lowest BCUT2D eigenvalue weighted by molar-refractivity contribution is 0.414. The first-order chi connectivity index (χ1) is 7.67. The van der Waals surface area contributed by atoms with Gasteiger partial charge in [-0.15, -0.1) is 11.8 Å². The highest BCUT2D eigenvalue weighted by Crippen LogP contribution is 2.30. The van der Waals surface area contributed by atoms with Gasteiger partial charge >= 0.3 is 0 Å². The van der Waals surface area contributed by atoms with E-state index in [1.54, 1.807) is 7.11 Å². The first-order valence-electron chi connectivity index (χ1n) is 5.73. The van der Waals surface area contributed by atoms with Crippen molar-refractivity contribution in [3.8, 4) is 5.75 Å². The normalized spacial score (nSPS) is 12.4. The Balaban J connectivity index is 2.58. The Morgan fingerprint density at radius 2 is 2.19 bits per heavy atom. The molecule has 0 aliphatic rings. The van der Waals surface area contributed by atoms with Gasteiger partial charge in [-0.2, -0.15) is 0 Å². The molecule has 1 aromatic carbocycles. The van der Waals surface area contributed by atoms with Gasteiger partial charge in [-0.25, -0.2) is 0 Å². The van der Waals surface area contributed by atoms with E-state index in [-0.39, 0.29) is 0 Å². The molecule has 90 valence electrons. The van der Waals surface area contributed by atoms with Crippen molar-refractivity contribution < 1.29 is 4.74 Å². The lowest BCUT2D eigenvalue weighted by Gasteiger charge is -2.11. The quantitative estimate of drug-likeness (QED) is 0.605. The predicted octanol–water partition coefficient (Wildman–Crippen LogP) is 3.81. The largest absolute Gasteiger partial charge is 0.497 e. The fourth-order valence-electron chi connectivity index (χ4n) is 1.57. The molecule has 0 radical (unpaired) electrons. The summed E-state index contributed by atoms with van der Waals surface area (Å²) in [4.78, 5) is 1.13. The van der Waals surface area contributed by atoms with Gasteiger partial charge in [-0.05, 0) is 24.1 Å². The molecule has 0 aliphatic carbocycles. The average molecular weight is 239 g/mol. The highest BCUT2D eigenvalue weighted by molar-refractivity contribution is 7.99. The highest BCUT2D eigenvalue weighted by atomic mass is 32.2. The number of benzene rings is 1. The number of methoxy groups -OCH3 is 1. The fourth-order valence-corrected chi connectivity index (χ4v) is 2.64. The number of nitrogens with two attached hydrogens (primary N) is 1. The smallest absolute Gasteiger partial charge is 0.120 e. The molecule has 0 aliphatic heterocycles. The number of hydrogen-bond acceptors (Lipinski definition) is 3. The number of ether oxygens (including phenoxy) is 1. The Bertz CT molecular complexity index is 328. The maximum Gasteiger partial charge on any atom is 0.120 e. The van der Waals surface area contributed by atoms with Crippen molar-refractivity contribution in [2.45, 2.75) is 31.6 Å². The van der Waals surface area contributed by atoms with Gasteiger partial charge in [0.15, 0.2) is 0 Å². The molecule has 0 bridgehead atoms. The zero-order valence-corrected chi connectivity index (χ0v) is 11.1. The van der Waals surface area contributed by atoms with Gasteiger partial charge < -0.3 is 10.5 Å². The van der Waals surface area contributed by atoms with E-state index in [4.69, 9.17) is 10.5 Å². The summed E-state index contributed by atoms with van der Waals surface area (Å²) in [5.74, 6) is 2.73. The molecule has 0 saturated heterocycles. The maximum atomic E-state index is 5.93. The number of rotatable bonds is 6. The number of thioether (sulfide) groups is 1. The van der Waals surface area contributed by atoms with Crippen LogP contribution in [0.1, 0.15) is 26.7 Å². The van der Waals surface area contributed by atoms with Crippen molar-refractivity contribution in [1.29, 1.82) is 0 Å². The van der Waals surface area contributed by atoms with Crippen LogP contribution in [0.4, 0.5) is 5.69 Å². The Morgan fingerprint density at radius 3 is 2.81 bits per heavy atom. The van der Waals surface area contributed by atoms with Crippen molar-refractivity contribution in [2.75, 3.05) is 18.6 Å². The van der Waals surface area contributed by atoms with Gasteiger partial charge in [0.05, 0.1) is 7.11 Å². The SMILES string of the molecule is CCCC(C)CSc1cc(OC)ccc1N. The van der Waals surface area contributed by atoms with Crippen molar-refractivity contribution in [3.63, 3.8) is 0 Å². The Morgan fingerprint density at radius 1 is 1.44 bits per heavy atom. The number of hydrogen-bond donors (Lipinski definition) is 1. The molecule has 1 aromatic rings. The molecule has 2 N–H and O–H groups in total. The van der Waals surface area contributed by atoms with E-state index >= 15 is 0 Å². The van der Waals surface area contributed by atoms with Gasteiger partial charge in [-0.3, -0.25) is 0 Å². The zero-order valence-electron chi connectivity index (χ0n) is 10.3. The molecule has 0 amide bonds. The van der Waals surface area contributed by atoms with Crippen LogP contribution in [-0.2, 0) is 0 Å². The summed E-state index contributed by atoms with van der Waals surface area (Å²) in [5, 5.41) is 0. The first kappa shape index (κ1) is 13.2. The molecule has 1 rings (SSSR count). The highest BCUT2D eigenvalue weighted by Gasteiger charge is 2.06. The fraction of sp³-hybridized carbons (Fsp3) is 0.538. The van der Waals surface area contributed by atoms with Crippen LogP contribution in [0.25, 0.3) is 0 Å². The van der Waals surface area contributed by atoms with Gasteiger partial charge in [0.25, 0.3) is 0 Å². The van der Waals surface area contributed by atoms with E-state index in [0.717, 1.165) is 28.0 Å². The van der Waals surface area contributed by atoms with Gasteiger partial charge in [-0.1, -0.05) is 26.7 Å². The van der Waals surface area contributed by atoms with Gasteiger partial charge in [0.1, 0.15) is 5.75 Å². The van der Waals surface area contributed by atoms with Crippen LogP contribution in [0, 0.1) is 5.92 Å². The van der Waals surface area contributed by atoms with E-state index in [0.29, 0.717) is 0 Å². The summed E-state index contributed by atoms with van der Waals surface area (Å²) in [5.41, 5.74) is 6.77. The van der Waals surface area contributed by atoms with E-state index in [9.17, 15) is 0 Å². The third-order valence-corrected chi connectivity index (χ3v) is 3.93. The second-order valence-electron chi connectivity index (χ2n) is 4.11. The van der Waals surface area contributed by atoms with Crippen LogP contribution in [0.15, 0.2) is 23.1 Å². The average Bonchev–Trinajstić information content (AvgIpc) is 2.28. The van der Waals surface area contributed by atoms with E-state index in [1.165, 1.54) is 12.8 Å². The Hall–Kier alpha value is -0.830. The molecule has 2 nitrogen and oxygen atoms in total. The van der Waals surface area contributed by atoms with E-state index in [2.05, 4.69) is 13.8 Å². The van der Waals surface area contributed by atoms with Crippen molar-refractivity contribution in [2.24, 2.45) is 5.92 Å². The molecule has 0 heterocycles. The van der Waals surface area contributed by atoms with Gasteiger partial charge in [0, 0.05) is 16.3 Å². The molecular formula is C13H21NOS. The summed E-state index contributed by atoms with van der Waals surface area (Å²) >= 11 is 1.82. The standard InChI is InChI=1S/C13H21NOS/c1-4-5-10(2)9-16-13-8-11(15-3)6-7-12(13)14/h6-8,10H,4-5,9,14H2,1-3H3. The summed E-state index contributed by atoms with van der Waals surface area (Å²) in [6.07, 6.45) is 2.52. The van der Waals surface area contributed by atoms with Crippen molar-refractivity contribution in [3.05, 3.63) is 18.2 Å². The second-order valence-corrected chi connectivity index (χ2v) is 5.17. The van der Waals surface area contributed by atoms with Crippen molar-refractivity contribution in [1.82, 2.24) is 0 Å². The maximum absolute atomic E-state index is 5.93. The molecular weight excluding hydrogens is 218 g/mol. The lowest BCUT2D eigenvalue weighted by Crippen LogP contribution is -1.98. The van der Waals surface area contributed by atoms with Gasteiger partial charge in [0.2, 0.25) is 0 Å². The Kier molecular flexibility index (Phi) is 5.53. The number of nitrogen functional groups attached to an aromatic ring is 1. The molecule has 3 heteroatoms. The third kappa shape index (κ3) is 3.97. The van der Waals surface area contributed by atoms with Crippen molar-refractivity contribution >= 4 is 17.4 Å². The van der Waals surface area contributed by atoms with E-state index in [1.807, 2.05) is 30.0 Å². The topological polar surface area (TPSA) is 35.2 Å². The number of anilines is 1. The summed E-state index contributed by atoms with van der Waals surface area (Å²) < 4.78 is 5.20. The summed E-state index contributed by atoms with van der Waals surface area (Å²) in [6.45, 7) is 4.51. The molecule has 1 unspecified atom stereocenters. The van der Waals surface area contributed by atoms with Crippen LogP contribution < -0.4 is 10.5 Å². The predicted molar refractivity (Wildman–Crippen MR) is 72.2 cm³/mol. The zero-order chi connectivity index (χ0) is 12.0. The summed E-state index contributed by atoms with van der Waals surface area (Å²) in [6, 6.07) is 5.82. The second kappa shape index (κ2) is 6.69. The molecule has 1 atom stereocenters. The molecule has 16 heavy (non-hydrogen) atoms. The third-order valence-electron chi connectivity index (χ3n) is 2.53. The molecule has 0 fully saturated rings. The molecule has 0 saturated carbocycles. The van der Waals surface area contributed by atoms with E-state index < -0.39 is 0 Å². The van der Waals surface area contributed by atoms with Crippen LogP contribution in [0.3, 0.4) is 0 Å². The molecule has 0 spiro atoms. The van der Waals surface area contributed by atoms with Crippen LogP contribution in [0.5, 0.6) is 5.75 Å².